The van der Waals surface area contributed by atoms with Gasteiger partial charge in [0.25, 0.3) is 0 Å². The molecule has 1 saturated heterocycles. The van der Waals surface area contributed by atoms with Gasteiger partial charge in [-0.15, -0.1) is 0 Å². The van der Waals surface area contributed by atoms with E-state index in [0.717, 1.165) is 11.1 Å². The van der Waals surface area contributed by atoms with Crippen molar-refractivity contribution in [1.82, 2.24) is 4.90 Å². The second-order valence-electron chi connectivity index (χ2n) is 11.4. The molecule has 1 N–H and O–H groups in total. The van der Waals surface area contributed by atoms with Gasteiger partial charge >= 0.3 is 6.09 Å². The number of hydrogen-bond acceptors (Lipinski definition) is 6. The van der Waals surface area contributed by atoms with E-state index in [-0.39, 0.29) is 17.9 Å². The molecule has 7 nitrogen and oxygen atoms in total. The molecule has 33 heavy (non-hydrogen) atoms. The Balaban J connectivity index is 2.21. The van der Waals surface area contributed by atoms with Gasteiger partial charge in [-0.3, -0.25) is 4.90 Å². The van der Waals surface area contributed by atoms with Crippen molar-refractivity contribution in [1.29, 1.82) is 0 Å². The Bertz CT molecular complexity index is 769. The molecule has 1 amide bonds. The lowest BCUT2D eigenvalue weighted by Gasteiger charge is -2.38. The molecule has 1 aliphatic rings. The van der Waals surface area contributed by atoms with Crippen molar-refractivity contribution in [3.63, 3.8) is 0 Å². The van der Waals surface area contributed by atoms with Crippen LogP contribution < -0.4 is 0 Å². The highest BCUT2D eigenvalue weighted by molar-refractivity contribution is 6.74. The smallest absolute Gasteiger partial charge is 0.410 e. The monoisotopic (exact) mass is 481 g/mol. The van der Waals surface area contributed by atoms with Gasteiger partial charge in [-0.1, -0.05) is 45.0 Å². The Morgan fingerprint density at radius 1 is 1.15 bits per heavy atom. The molecule has 1 aromatic rings. The number of aliphatic hydroxyl groups excluding tert-OH is 1. The SMILES string of the molecule is COCOCc1ccc(C(O)[C@@H]2C[C@@H](O[Si](C)(C)C(C)(C)C)CN2C(=O)OC(C)(C)C)cc1. The summed E-state index contributed by atoms with van der Waals surface area (Å²) in [4.78, 5) is 14.7. The lowest BCUT2D eigenvalue weighted by molar-refractivity contribution is -0.0390. The highest BCUT2D eigenvalue weighted by Gasteiger charge is 2.46. The van der Waals surface area contributed by atoms with Crippen LogP contribution in [-0.2, 0) is 25.2 Å². The summed E-state index contributed by atoms with van der Waals surface area (Å²) in [6.45, 7) is 17.6. The maximum absolute atomic E-state index is 13.0. The van der Waals surface area contributed by atoms with Crippen molar-refractivity contribution >= 4 is 14.4 Å². The highest BCUT2D eigenvalue weighted by atomic mass is 28.4. The molecule has 3 atom stereocenters. The standard InChI is InChI=1S/C25H43NO6Si/c1-24(2,3)31-23(28)26-15-20(32-33(8,9)25(4,5)6)14-21(26)22(27)19-12-10-18(11-13-19)16-30-17-29-7/h10-13,20-22,27H,14-17H2,1-9H3/t20-,21+,22?/m1/s1. The van der Waals surface area contributed by atoms with Crippen molar-refractivity contribution in [2.45, 2.75) is 96.6 Å². The summed E-state index contributed by atoms with van der Waals surface area (Å²) in [6.07, 6.45) is -0.845. The van der Waals surface area contributed by atoms with E-state index in [1.54, 1.807) is 12.0 Å². The Kier molecular flexibility index (Phi) is 9.15. The van der Waals surface area contributed by atoms with E-state index in [2.05, 4.69) is 33.9 Å². The second-order valence-corrected chi connectivity index (χ2v) is 16.1. The summed E-state index contributed by atoms with van der Waals surface area (Å²) < 4.78 is 22.6. The van der Waals surface area contributed by atoms with E-state index >= 15 is 0 Å². The van der Waals surface area contributed by atoms with Crippen LogP contribution in [0.3, 0.4) is 0 Å². The number of ether oxygens (including phenoxy) is 3. The third kappa shape index (κ3) is 7.79. The number of carbonyl (C=O) groups is 1. The van der Waals surface area contributed by atoms with Crippen LogP contribution in [0.25, 0.3) is 0 Å². The first kappa shape index (κ1) is 27.8. The molecule has 0 saturated carbocycles. The number of hydrogen-bond donors (Lipinski definition) is 1. The average Bonchev–Trinajstić information content (AvgIpc) is 3.09. The molecule has 1 heterocycles. The number of nitrogens with zero attached hydrogens (tertiary/aromatic N) is 1. The van der Waals surface area contributed by atoms with Gasteiger partial charge in [0.1, 0.15) is 12.4 Å². The zero-order chi connectivity index (χ0) is 25.0. The predicted octanol–water partition coefficient (Wildman–Crippen LogP) is 5.24. The fourth-order valence-electron chi connectivity index (χ4n) is 3.61. The van der Waals surface area contributed by atoms with Crippen LogP contribution in [0.4, 0.5) is 4.79 Å². The quantitative estimate of drug-likeness (QED) is 0.311. The molecule has 1 fully saturated rings. The molecular formula is C25H43NO6Si. The van der Waals surface area contributed by atoms with Crippen molar-refractivity contribution in [3.8, 4) is 0 Å². The molecule has 0 spiro atoms. The van der Waals surface area contributed by atoms with Crippen LogP contribution in [0.2, 0.25) is 18.1 Å². The Labute approximate surface area is 200 Å². The number of aliphatic hydroxyl groups is 1. The van der Waals surface area contributed by atoms with Crippen molar-refractivity contribution in [3.05, 3.63) is 35.4 Å². The van der Waals surface area contributed by atoms with Crippen LogP contribution in [0.15, 0.2) is 24.3 Å². The Morgan fingerprint density at radius 2 is 1.76 bits per heavy atom. The molecular weight excluding hydrogens is 438 g/mol. The van der Waals surface area contributed by atoms with E-state index in [1.807, 2.05) is 45.0 Å². The average molecular weight is 482 g/mol. The van der Waals surface area contributed by atoms with E-state index in [4.69, 9.17) is 18.6 Å². The molecule has 2 rings (SSSR count). The molecule has 0 radical (unpaired) electrons. The second kappa shape index (κ2) is 10.9. The first-order valence-corrected chi connectivity index (χ1v) is 14.6. The van der Waals surface area contributed by atoms with E-state index in [1.165, 1.54) is 0 Å². The normalized spacial score (nSPS) is 20.7. The topological polar surface area (TPSA) is 77.5 Å². The maximum atomic E-state index is 13.0. The summed E-state index contributed by atoms with van der Waals surface area (Å²) in [5.41, 5.74) is 1.11. The number of likely N-dealkylation sites (tertiary alicyclic amines) is 1. The molecule has 0 aliphatic carbocycles. The number of carbonyl (C=O) groups excluding carboxylic acids is 1. The zero-order valence-electron chi connectivity index (χ0n) is 21.8. The minimum Gasteiger partial charge on any atom is -0.444 e. The molecule has 0 bridgehead atoms. The summed E-state index contributed by atoms with van der Waals surface area (Å²) in [5.74, 6) is 0. The first-order valence-electron chi connectivity index (χ1n) is 11.7. The summed E-state index contributed by atoms with van der Waals surface area (Å²) in [7, 11) is -0.450. The van der Waals surface area contributed by atoms with Gasteiger partial charge < -0.3 is 23.7 Å². The van der Waals surface area contributed by atoms with Crippen LogP contribution in [0.5, 0.6) is 0 Å². The molecule has 1 aliphatic heterocycles. The first-order chi connectivity index (χ1) is 15.1. The van der Waals surface area contributed by atoms with Gasteiger partial charge in [-0.05, 0) is 56.5 Å². The molecule has 1 aromatic carbocycles. The van der Waals surface area contributed by atoms with E-state index < -0.39 is 32.2 Å². The van der Waals surface area contributed by atoms with E-state index in [0.29, 0.717) is 19.6 Å². The lowest BCUT2D eigenvalue weighted by atomic mass is 9.99. The summed E-state index contributed by atoms with van der Waals surface area (Å²) in [6, 6.07) is 7.18. The molecule has 0 aromatic heterocycles. The third-order valence-electron chi connectivity index (χ3n) is 6.36. The third-order valence-corrected chi connectivity index (χ3v) is 10.9. The minimum absolute atomic E-state index is 0.0567. The lowest BCUT2D eigenvalue weighted by Crippen LogP contribution is -2.45. The zero-order valence-corrected chi connectivity index (χ0v) is 22.8. The summed E-state index contributed by atoms with van der Waals surface area (Å²) >= 11 is 0. The van der Waals surface area contributed by atoms with Crippen LogP contribution in [0, 0.1) is 0 Å². The van der Waals surface area contributed by atoms with Gasteiger partial charge in [0, 0.05) is 13.7 Å². The number of amides is 1. The number of benzene rings is 1. The van der Waals surface area contributed by atoms with Crippen molar-refractivity contribution in [2.24, 2.45) is 0 Å². The molecule has 8 heteroatoms. The highest BCUT2D eigenvalue weighted by Crippen LogP contribution is 2.40. The van der Waals surface area contributed by atoms with E-state index in [9.17, 15) is 9.90 Å². The van der Waals surface area contributed by atoms with Gasteiger partial charge in [-0.25, -0.2) is 4.79 Å². The number of rotatable bonds is 8. The molecule has 188 valence electrons. The van der Waals surface area contributed by atoms with Crippen molar-refractivity contribution < 1.29 is 28.5 Å². The predicted molar refractivity (Wildman–Crippen MR) is 131 cm³/mol. The Morgan fingerprint density at radius 3 is 2.27 bits per heavy atom. The minimum atomic E-state index is -2.03. The fourth-order valence-corrected chi connectivity index (χ4v) is 4.97. The van der Waals surface area contributed by atoms with Crippen LogP contribution >= 0.6 is 0 Å². The number of methoxy groups -OCH3 is 1. The maximum Gasteiger partial charge on any atom is 0.410 e. The van der Waals surface area contributed by atoms with Crippen LogP contribution in [0.1, 0.15) is 65.2 Å². The van der Waals surface area contributed by atoms with Gasteiger partial charge in [0.15, 0.2) is 8.32 Å². The van der Waals surface area contributed by atoms with Gasteiger partial charge in [0.2, 0.25) is 0 Å². The summed E-state index contributed by atoms with van der Waals surface area (Å²) in [5, 5.41) is 11.3. The van der Waals surface area contributed by atoms with Gasteiger partial charge in [-0.2, -0.15) is 0 Å². The van der Waals surface area contributed by atoms with Crippen LogP contribution in [-0.4, -0.2) is 62.6 Å². The largest absolute Gasteiger partial charge is 0.444 e. The van der Waals surface area contributed by atoms with Crippen molar-refractivity contribution in [2.75, 3.05) is 20.4 Å². The Hall–Kier alpha value is -1.45. The fraction of sp³-hybridized carbons (Fsp3) is 0.720. The molecule has 1 unspecified atom stereocenters. The van der Waals surface area contributed by atoms with Gasteiger partial charge in [0.05, 0.1) is 24.9 Å².